The van der Waals surface area contributed by atoms with Crippen LogP contribution < -0.4 is 11.4 Å². The van der Waals surface area contributed by atoms with Crippen LogP contribution in [0.5, 0.6) is 0 Å². The second-order valence-electron chi connectivity index (χ2n) is 6.30. The van der Waals surface area contributed by atoms with Crippen molar-refractivity contribution < 1.29 is 0 Å². The third-order valence-electron chi connectivity index (χ3n) is 4.20. The zero-order valence-corrected chi connectivity index (χ0v) is 15.3. The summed E-state index contributed by atoms with van der Waals surface area (Å²) in [5.41, 5.74) is 7.62. The fourth-order valence-corrected chi connectivity index (χ4v) is 3.54. The van der Waals surface area contributed by atoms with Gasteiger partial charge in [-0.05, 0) is 11.5 Å². The second kappa shape index (κ2) is 7.74. The van der Waals surface area contributed by atoms with Gasteiger partial charge in [-0.25, -0.2) is 14.8 Å². The molecule has 0 bridgehead atoms. The number of nitrogens with one attached hydrogen (secondary N) is 1. The molecule has 1 aromatic heterocycles. The van der Waals surface area contributed by atoms with Crippen LogP contribution in [0.1, 0.15) is 31.5 Å². The van der Waals surface area contributed by atoms with Crippen molar-refractivity contribution in [2.75, 3.05) is 5.75 Å². The van der Waals surface area contributed by atoms with Crippen molar-refractivity contribution in [3.05, 3.63) is 52.1 Å². The molecule has 6 nitrogen and oxygen atoms in total. The van der Waals surface area contributed by atoms with Gasteiger partial charge in [0.05, 0.1) is 12.2 Å². The van der Waals surface area contributed by atoms with Crippen LogP contribution in [-0.2, 0) is 13.0 Å². The molecule has 1 aliphatic rings. The van der Waals surface area contributed by atoms with Crippen LogP contribution in [0.4, 0.5) is 5.82 Å². The summed E-state index contributed by atoms with van der Waals surface area (Å²) in [6.07, 6.45) is 1.51. The van der Waals surface area contributed by atoms with Crippen molar-refractivity contribution in [3.63, 3.8) is 0 Å². The van der Waals surface area contributed by atoms with E-state index >= 15 is 0 Å². The largest absolute Gasteiger partial charge is 0.387 e. The van der Waals surface area contributed by atoms with Gasteiger partial charge in [0.25, 0.3) is 0 Å². The van der Waals surface area contributed by atoms with Crippen LogP contribution in [0.2, 0.25) is 0 Å². The summed E-state index contributed by atoms with van der Waals surface area (Å²) < 4.78 is 1.66. The molecule has 1 unspecified atom stereocenters. The molecule has 1 atom stereocenters. The molecule has 2 heterocycles. The van der Waals surface area contributed by atoms with Crippen molar-refractivity contribution in [1.29, 1.82) is 0 Å². The summed E-state index contributed by atoms with van der Waals surface area (Å²) in [5, 5.41) is 0.623. The average molecular weight is 357 g/mol. The lowest BCUT2D eigenvalue weighted by Crippen LogP contribution is -2.19. The molecular formula is C18H23N5OS. The highest BCUT2D eigenvalue weighted by Crippen LogP contribution is 2.25. The van der Waals surface area contributed by atoms with Crippen LogP contribution in [0.15, 0.2) is 45.1 Å². The smallest absolute Gasteiger partial charge is 0.327 e. The Morgan fingerprint density at radius 2 is 2.08 bits per heavy atom. The summed E-state index contributed by atoms with van der Waals surface area (Å²) in [6, 6.07) is 9.87. The monoisotopic (exact) mass is 357 g/mol. The number of aromatic amines is 1. The standard InChI is InChI=1S/C18H23N5OS/c1-3-12(2)11-25-17-21-15(19)9-14-16(22-17)23(18(24)20-14)10-13-7-5-4-6-8-13/h4-8,12H,3,9-11H2,1-2H3,(H,20,24)(H2,19,21,22). The number of aliphatic imine (C=N–C) groups is 2. The van der Waals surface area contributed by atoms with E-state index in [2.05, 4.69) is 28.8 Å². The number of nitrogens with two attached hydrogens (primary N) is 1. The number of hydrogen-bond donors (Lipinski definition) is 2. The first kappa shape index (κ1) is 17.5. The first-order chi connectivity index (χ1) is 12.1. The lowest BCUT2D eigenvalue weighted by atomic mass is 10.2. The van der Waals surface area contributed by atoms with Crippen LogP contribution >= 0.6 is 11.8 Å². The van der Waals surface area contributed by atoms with E-state index in [0.29, 0.717) is 35.7 Å². The summed E-state index contributed by atoms with van der Waals surface area (Å²) >= 11 is 1.59. The van der Waals surface area contributed by atoms with Crippen molar-refractivity contribution >= 4 is 28.6 Å². The van der Waals surface area contributed by atoms with E-state index in [1.807, 2.05) is 30.3 Å². The maximum atomic E-state index is 12.4. The Bertz CT molecular complexity index is 850. The van der Waals surface area contributed by atoms with Gasteiger partial charge in [-0.2, -0.15) is 0 Å². The molecule has 0 amide bonds. The third-order valence-corrected chi connectivity index (χ3v) is 5.38. The first-order valence-electron chi connectivity index (χ1n) is 8.47. The van der Waals surface area contributed by atoms with Crippen molar-refractivity contribution in [2.24, 2.45) is 21.6 Å². The number of imidazole rings is 1. The van der Waals surface area contributed by atoms with E-state index in [0.717, 1.165) is 23.4 Å². The van der Waals surface area contributed by atoms with E-state index in [4.69, 9.17) is 5.73 Å². The molecule has 0 fully saturated rings. The third kappa shape index (κ3) is 4.22. The van der Waals surface area contributed by atoms with Crippen molar-refractivity contribution in [2.45, 2.75) is 33.2 Å². The number of fused-ring (bicyclic) bond motifs is 1. The highest BCUT2D eigenvalue weighted by Gasteiger charge is 2.19. The minimum absolute atomic E-state index is 0.168. The molecule has 0 saturated heterocycles. The van der Waals surface area contributed by atoms with Gasteiger partial charge in [-0.15, -0.1) is 0 Å². The number of benzene rings is 1. The van der Waals surface area contributed by atoms with Crippen LogP contribution in [-0.4, -0.2) is 26.3 Å². The minimum Gasteiger partial charge on any atom is -0.387 e. The van der Waals surface area contributed by atoms with E-state index in [1.54, 1.807) is 16.3 Å². The zero-order chi connectivity index (χ0) is 17.8. The van der Waals surface area contributed by atoms with Crippen molar-refractivity contribution in [3.8, 4) is 0 Å². The maximum Gasteiger partial charge on any atom is 0.327 e. The zero-order valence-electron chi connectivity index (χ0n) is 14.5. The Morgan fingerprint density at radius 3 is 2.80 bits per heavy atom. The molecule has 2 aromatic rings. The molecule has 132 valence electrons. The highest BCUT2D eigenvalue weighted by molar-refractivity contribution is 8.13. The number of nitrogens with zero attached hydrogens (tertiary/aromatic N) is 3. The fraction of sp³-hybridized carbons (Fsp3) is 0.389. The fourth-order valence-electron chi connectivity index (χ4n) is 2.53. The SMILES string of the molecule is CCC(C)CSC1=Nc2c([nH]c(=O)n2Cc2ccccc2)CC(N)=N1. The molecule has 3 N–H and O–H groups in total. The Hall–Kier alpha value is -2.28. The Balaban J connectivity index is 1.94. The summed E-state index contributed by atoms with van der Waals surface area (Å²) in [5.74, 6) is 2.60. The Labute approximate surface area is 151 Å². The number of rotatable bonds is 5. The number of hydrogen-bond acceptors (Lipinski definition) is 5. The van der Waals surface area contributed by atoms with E-state index < -0.39 is 0 Å². The van der Waals surface area contributed by atoms with Gasteiger partial charge in [-0.1, -0.05) is 62.4 Å². The van der Waals surface area contributed by atoms with Gasteiger partial charge in [0.1, 0.15) is 5.84 Å². The van der Waals surface area contributed by atoms with Crippen LogP contribution in [0, 0.1) is 5.92 Å². The maximum absolute atomic E-state index is 12.4. The van der Waals surface area contributed by atoms with E-state index in [9.17, 15) is 4.79 Å². The molecule has 0 spiro atoms. The van der Waals surface area contributed by atoms with Gasteiger partial charge in [-0.3, -0.25) is 4.57 Å². The second-order valence-corrected chi connectivity index (χ2v) is 7.29. The quantitative estimate of drug-likeness (QED) is 0.862. The number of aromatic nitrogens is 2. The van der Waals surface area contributed by atoms with E-state index in [-0.39, 0.29) is 5.69 Å². The van der Waals surface area contributed by atoms with Gasteiger partial charge in [0, 0.05) is 12.2 Å². The Morgan fingerprint density at radius 1 is 1.32 bits per heavy atom. The molecule has 1 aromatic carbocycles. The van der Waals surface area contributed by atoms with Gasteiger partial charge < -0.3 is 10.7 Å². The summed E-state index contributed by atoms with van der Waals surface area (Å²) in [4.78, 5) is 24.4. The van der Waals surface area contributed by atoms with Crippen molar-refractivity contribution in [1.82, 2.24) is 9.55 Å². The molecule has 0 aliphatic carbocycles. The highest BCUT2D eigenvalue weighted by atomic mass is 32.2. The number of amidine groups is 2. The van der Waals surface area contributed by atoms with Crippen LogP contribution in [0.25, 0.3) is 0 Å². The predicted molar refractivity (Wildman–Crippen MR) is 105 cm³/mol. The summed E-state index contributed by atoms with van der Waals surface area (Å²) in [6.45, 7) is 4.84. The van der Waals surface area contributed by atoms with Gasteiger partial charge in [0.15, 0.2) is 11.0 Å². The normalized spacial score (nSPS) is 15.1. The van der Waals surface area contributed by atoms with Gasteiger partial charge >= 0.3 is 5.69 Å². The van der Waals surface area contributed by atoms with E-state index in [1.165, 1.54) is 0 Å². The topological polar surface area (TPSA) is 88.5 Å². The summed E-state index contributed by atoms with van der Waals surface area (Å²) in [7, 11) is 0. The average Bonchev–Trinajstić information content (AvgIpc) is 2.78. The molecular weight excluding hydrogens is 334 g/mol. The molecule has 7 heteroatoms. The van der Waals surface area contributed by atoms with Crippen LogP contribution in [0.3, 0.4) is 0 Å². The number of H-pyrrole nitrogens is 1. The Kier molecular flexibility index (Phi) is 5.43. The predicted octanol–water partition coefficient (Wildman–Crippen LogP) is 2.90. The molecule has 0 radical (unpaired) electrons. The number of thioether (sulfide) groups is 1. The van der Waals surface area contributed by atoms with Gasteiger partial charge in [0.2, 0.25) is 0 Å². The lowest BCUT2D eigenvalue weighted by molar-refractivity contribution is 0.638. The molecule has 1 aliphatic heterocycles. The first-order valence-corrected chi connectivity index (χ1v) is 9.45. The minimum atomic E-state index is -0.168. The molecule has 25 heavy (non-hydrogen) atoms. The molecule has 3 rings (SSSR count). The molecule has 0 saturated carbocycles. The lowest BCUT2D eigenvalue weighted by Gasteiger charge is -2.08.